The maximum Gasteiger partial charge on any atom is 0.257 e. The van der Waals surface area contributed by atoms with Crippen molar-refractivity contribution in [1.82, 2.24) is 0 Å². The van der Waals surface area contributed by atoms with Gasteiger partial charge in [-0.1, -0.05) is 36.4 Å². The molecule has 3 rings (SSSR count). The first-order valence-corrected chi connectivity index (χ1v) is 6.49. The molecular weight excluding hydrogens is 267 g/mol. The van der Waals surface area contributed by atoms with Crippen molar-refractivity contribution in [2.24, 2.45) is 0 Å². The largest absolute Gasteiger partial charge is 0.396 e. The Hall–Kier alpha value is -2.88. The molecule has 0 saturated heterocycles. The summed E-state index contributed by atoms with van der Waals surface area (Å²) in [5.41, 5.74) is 6.22. The fourth-order valence-electron chi connectivity index (χ4n) is 2.20. The van der Waals surface area contributed by atoms with Crippen LogP contribution in [0.5, 0.6) is 0 Å². The van der Waals surface area contributed by atoms with Gasteiger partial charge in [0.15, 0.2) is 0 Å². The Morgan fingerprint density at radius 1 is 0.952 bits per heavy atom. The zero-order valence-electron chi connectivity index (χ0n) is 11.1. The van der Waals surface area contributed by atoms with Crippen molar-refractivity contribution >= 4 is 28.1 Å². The first kappa shape index (κ1) is 13.1. The van der Waals surface area contributed by atoms with Crippen LogP contribution in [0.1, 0.15) is 10.4 Å². The number of halogens is 1. The predicted molar refractivity (Wildman–Crippen MR) is 82.7 cm³/mol. The van der Waals surface area contributed by atoms with Gasteiger partial charge in [0.25, 0.3) is 5.91 Å². The molecule has 0 spiro atoms. The van der Waals surface area contributed by atoms with Crippen LogP contribution in [0.2, 0.25) is 0 Å². The average molecular weight is 280 g/mol. The number of benzene rings is 3. The van der Waals surface area contributed by atoms with E-state index in [1.165, 1.54) is 18.2 Å². The van der Waals surface area contributed by atoms with E-state index in [9.17, 15) is 9.18 Å². The second-order valence-corrected chi connectivity index (χ2v) is 4.72. The average Bonchev–Trinajstić information content (AvgIpc) is 2.50. The molecule has 3 aromatic rings. The molecule has 104 valence electrons. The van der Waals surface area contributed by atoms with Gasteiger partial charge in [0.05, 0.1) is 11.3 Å². The van der Waals surface area contributed by atoms with E-state index >= 15 is 0 Å². The Morgan fingerprint density at radius 2 is 1.71 bits per heavy atom. The summed E-state index contributed by atoms with van der Waals surface area (Å²) in [6, 6.07) is 17.6. The molecule has 0 unspecified atom stereocenters. The fourth-order valence-corrected chi connectivity index (χ4v) is 2.20. The van der Waals surface area contributed by atoms with Gasteiger partial charge in [0.1, 0.15) is 5.82 Å². The molecule has 1 amide bonds. The van der Waals surface area contributed by atoms with E-state index in [0.29, 0.717) is 5.69 Å². The number of nitrogens with two attached hydrogens (primary N) is 1. The first-order valence-electron chi connectivity index (χ1n) is 6.49. The van der Waals surface area contributed by atoms with Crippen LogP contribution in [0.4, 0.5) is 15.8 Å². The molecule has 0 aliphatic carbocycles. The lowest BCUT2D eigenvalue weighted by atomic mass is 10.1. The summed E-state index contributed by atoms with van der Waals surface area (Å²) in [6.45, 7) is 0. The van der Waals surface area contributed by atoms with Crippen LogP contribution in [-0.4, -0.2) is 5.91 Å². The maximum atomic E-state index is 13.4. The molecule has 0 radical (unpaired) electrons. The van der Waals surface area contributed by atoms with Gasteiger partial charge in [-0.15, -0.1) is 0 Å². The van der Waals surface area contributed by atoms with Gasteiger partial charge >= 0.3 is 0 Å². The van der Waals surface area contributed by atoms with E-state index in [1.807, 2.05) is 36.4 Å². The van der Waals surface area contributed by atoms with Crippen molar-refractivity contribution in [2.75, 3.05) is 11.1 Å². The molecule has 3 N–H and O–H groups in total. The van der Waals surface area contributed by atoms with Crippen LogP contribution in [0.15, 0.2) is 60.7 Å². The SMILES string of the molecule is Nc1c(F)cccc1C(=O)Nc1ccc2ccccc2c1. The number of anilines is 2. The highest BCUT2D eigenvalue weighted by molar-refractivity contribution is 6.08. The summed E-state index contributed by atoms with van der Waals surface area (Å²) in [5, 5.41) is 4.83. The van der Waals surface area contributed by atoms with E-state index in [4.69, 9.17) is 5.73 Å². The van der Waals surface area contributed by atoms with Crippen molar-refractivity contribution < 1.29 is 9.18 Å². The Balaban J connectivity index is 1.91. The third-order valence-corrected chi connectivity index (χ3v) is 3.30. The van der Waals surface area contributed by atoms with Crippen LogP contribution < -0.4 is 11.1 Å². The molecule has 4 heteroatoms. The lowest BCUT2D eigenvalue weighted by molar-refractivity contribution is 0.102. The van der Waals surface area contributed by atoms with E-state index in [0.717, 1.165) is 10.8 Å². The number of nitrogen functional groups attached to an aromatic ring is 1. The van der Waals surface area contributed by atoms with Gasteiger partial charge in [-0.2, -0.15) is 0 Å². The fraction of sp³-hybridized carbons (Fsp3) is 0. The highest BCUT2D eigenvalue weighted by Crippen LogP contribution is 2.21. The van der Waals surface area contributed by atoms with Crippen molar-refractivity contribution in [3.8, 4) is 0 Å². The highest BCUT2D eigenvalue weighted by Gasteiger charge is 2.12. The highest BCUT2D eigenvalue weighted by atomic mass is 19.1. The van der Waals surface area contributed by atoms with Crippen molar-refractivity contribution in [3.05, 3.63) is 72.0 Å². The maximum absolute atomic E-state index is 13.4. The lowest BCUT2D eigenvalue weighted by Crippen LogP contribution is -2.14. The van der Waals surface area contributed by atoms with Crippen molar-refractivity contribution in [3.63, 3.8) is 0 Å². The molecule has 0 aliphatic rings. The van der Waals surface area contributed by atoms with Crippen LogP contribution in [0, 0.1) is 5.82 Å². The summed E-state index contributed by atoms with van der Waals surface area (Å²) in [4.78, 5) is 12.2. The second-order valence-electron chi connectivity index (χ2n) is 4.72. The molecule has 0 atom stereocenters. The lowest BCUT2D eigenvalue weighted by Gasteiger charge is -2.09. The summed E-state index contributed by atoms with van der Waals surface area (Å²) in [7, 11) is 0. The smallest absolute Gasteiger partial charge is 0.257 e. The number of para-hydroxylation sites is 1. The molecule has 3 aromatic carbocycles. The molecule has 0 saturated carbocycles. The Morgan fingerprint density at radius 3 is 2.52 bits per heavy atom. The van der Waals surface area contributed by atoms with Crippen molar-refractivity contribution in [1.29, 1.82) is 0 Å². The van der Waals surface area contributed by atoms with E-state index < -0.39 is 11.7 Å². The molecule has 0 heterocycles. The summed E-state index contributed by atoms with van der Waals surface area (Å²) < 4.78 is 13.4. The summed E-state index contributed by atoms with van der Waals surface area (Å²) in [5.74, 6) is -1.02. The number of amides is 1. The second kappa shape index (κ2) is 5.25. The van der Waals surface area contributed by atoms with Crippen LogP contribution >= 0.6 is 0 Å². The summed E-state index contributed by atoms with van der Waals surface area (Å²) in [6.07, 6.45) is 0. The van der Waals surface area contributed by atoms with Gasteiger partial charge in [-0.3, -0.25) is 4.79 Å². The number of fused-ring (bicyclic) bond motifs is 1. The third kappa shape index (κ3) is 2.56. The molecular formula is C17H13FN2O. The van der Waals surface area contributed by atoms with Gasteiger partial charge in [0, 0.05) is 5.69 Å². The van der Waals surface area contributed by atoms with E-state index in [1.54, 1.807) is 6.07 Å². The number of hydrogen-bond donors (Lipinski definition) is 2. The normalized spacial score (nSPS) is 10.5. The first-order chi connectivity index (χ1) is 10.1. The third-order valence-electron chi connectivity index (χ3n) is 3.30. The van der Waals surface area contributed by atoms with Gasteiger partial charge in [0.2, 0.25) is 0 Å². The molecule has 0 aliphatic heterocycles. The Labute approximate surface area is 121 Å². The van der Waals surface area contributed by atoms with E-state index in [-0.39, 0.29) is 11.3 Å². The number of nitrogens with one attached hydrogen (secondary N) is 1. The molecule has 3 nitrogen and oxygen atoms in total. The van der Waals surface area contributed by atoms with Crippen LogP contribution in [0.25, 0.3) is 10.8 Å². The molecule has 0 aromatic heterocycles. The topological polar surface area (TPSA) is 55.1 Å². The van der Waals surface area contributed by atoms with Crippen LogP contribution in [0.3, 0.4) is 0 Å². The number of rotatable bonds is 2. The molecule has 21 heavy (non-hydrogen) atoms. The monoisotopic (exact) mass is 280 g/mol. The quantitative estimate of drug-likeness (QED) is 0.701. The molecule has 0 fully saturated rings. The van der Waals surface area contributed by atoms with Gasteiger partial charge in [-0.05, 0) is 35.0 Å². The Bertz CT molecular complexity index is 830. The number of carbonyl (C=O) groups excluding carboxylic acids is 1. The number of hydrogen-bond acceptors (Lipinski definition) is 2. The minimum atomic E-state index is -0.596. The summed E-state index contributed by atoms with van der Waals surface area (Å²) >= 11 is 0. The van der Waals surface area contributed by atoms with E-state index in [2.05, 4.69) is 5.32 Å². The predicted octanol–water partition coefficient (Wildman–Crippen LogP) is 3.81. The zero-order valence-corrected chi connectivity index (χ0v) is 11.1. The minimum Gasteiger partial charge on any atom is -0.396 e. The van der Waals surface area contributed by atoms with Crippen LogP contribution in [-0.2, 0) is 0 Å². The standard InChI is InChI=1S/C17H13FN2O/c18-15-7-3-6-14(16(15)19)17(21)20-13-9-8-11-4-1-2-5-12(11)10-13/h1-10H,19H2,(H,20,21). The minimum absolute atomic E-state index is 0.128. The number of carbonyl (C=O) groups is 1. The molecule has 0 bridgehead atoms. The zero-order chi connectivity index (χ0) is 14.8. The Kier molecular flexibility index (Phi) is 3.28. The van der Waals surface area contributed by atoms with Gasteiger partial charge < -0.3 is 11.1 Å². The van der Waals surface area contributed by atoms with Crippen molar-refractivity contribution in [2.45, 2.75) is 0 Å². The van der Waals surface area contributed by atoms with Gasteiger partial charge in [-0.25, -0.2) is 4.39 Å².